The van der Waals surface area contributed by atoms with Gasteiger partial charge in [-0.15, -0.1) is 0 Å². The van der Waals surface area contributed by atoms with Gasteiger partial charge in [0.05, 0.1) is 6.04 Å². The molecule has 13 heavy (non-hydrogen) atoms. The van der Waals surface area contributed by atoms with E-state index in [2.05, 4.69) is 5.16 Å². The fourth-order valence-electron chi connectivity index (χ4n) is 0.888. The Morgan fingerprint density at radius 3 is 2.62 bits per heavy atom. The van der Waals surface area contributed by atoms with Gasteiger partial charge in [-0.1, -0.05) is 12.1 Å². The number of carbonyl (C=O) groups excluding carboxylic acids is 1. The number of amides is 1. The van der Waals surface area contributed by atoms with E-state index in [-0.39, 0.29) is 17.8 Å². The van der Waals surface area contributed by atoms with Crippen LogP contribution in [-0.4, -0.2) is 34.9 Å². The summed E-state index contributed by atoms with van der Waals surface area (Å²) < 4.78 is 0. The Kier molecular flexibility index (Phi) is 4.87. The van der Waals surface area contributed by atoms with Gasteiger partial charge >= 0.3 is 0 Å². The van der Waals surface area contributed by atoms with E-state index in [0.29, 0.717) is 6.42 Å². The predicted molar refractivity (Wildman–Crippen MR) is 50.5 cm³/mol. The topological polar surface area (TPSA) is 78.9 Å². The molecule has 0 fully saturated rings. The third kappa shape index (κ3) is 3.31. The molecule has 0 heterocycles. The molecular weight excluding hydrogens is 170 g/mol. The van der Waals surface area contributed by atoms with E-state index in [1.54, 1.807) is 14.0 Å². The molecule has 1 atom stereocenters. The molecule has 0 aliphatic carbocycles. The number of oxime groups is 1. The molecule has 0 radical (unpaired) electrons. The Morgan fingerprint density at radius 2 is 2.23 bits per heavy atom. The molecule has 0 aliphatic heterocycles. The second kappa shape index (κ2) is 5.40. The second-order valence-corrected chi connectivity index (χ2v) is 2.96. The van der Waals surface area contributed by atoms with E-state index >= 15 is 0 Å². The quantitative estimate of drug-likeness (QED) is 0.289. The maximum absolute atomic E-state index is 11.3. The van der Waals surface area contributed by atoms with Crippen LogP contribution in [0, 0.1) is 0 Å². The molecule has 5 heteroatoms. The molecule has 0 saturated heterocycles. The molecule has 0 rings (SSSR count). The standard InChI is InChI=1S/C8H17N3O2/c1-4-5-7(12)11(3)6(2)8(9)10-13/h6,13H,4-5H2,1-3H3,(H2,9,10). The molecule has 0 aromatic heterocycles. The highest BCUT2D eigenvalue weighted by atomic mass is 16.4. The third-order valence-corrected chi connectivity index (χ3v) is 1.98. The van der Waals surface area contributed by atoms with Crippen LogP contribution in [0.4, 0.5) is 0 Å². The van der Waals surface area contributed by atoms with Gasteiger partial charge in [0.15, 0.2) is 5.84 Å². The molecule has 76 valence electrons. The van der Waals surface area contributed by atoms with Crippen LogP contribution in [0.15, 0.2) is 5.16 Å². The smallest absolute Gasteiger partial charge is 0.222 e. The van der Waals surface area contributed by atoms with Gasteiger partial charge in [0.25, 0.3) is 0 Å². The summed E-state index contributed by atoms with van der Waals surface area (Å²) in [5.74, 6) is 0.0496. The molecular formula is C8H17N3O2. The summed E-state index contributed by atoms with van der Waals surface area (Å²) in [5.41, 5.74) is 5.36. The molecule has 0 saturated carbocycles. The maximum atomic E-state index is 11.3. The van der Waals surface area contributed by atoms with Gasteiger partial charge in [0.1, 0.15) is 0 Å². The molecule has 0 spiro atoms. The summed E-state index contributed by atoms with van der Waals surface area (Å²) in [5, 5.41) is 11.2. The summed E-state index contributed by atoms with van der Waals surface area (Å²) in [7, 11) is 1.64. The number of nitrogens with two attached hydrogens (primary N) is 1. The zero-order chi connectivity index (χ0) is 10.4. The Bertz CT molecular complexity index is 204. The highest BCUT2D eigenvalue weighted by Crippen LogP contribution is 2.00. The van der Waals surface area contributed by atoms with Crippen molar-refractivity contribution in [2.24, 2.45) is 10.9 Å². The fourth-order valence-corrected chi connectivity index (χ4v) is 0.888. The number of nitrogens with zero attached hydrogens (tertiary/aromatic N) is 2. The van der Waals surface area contributed by atoms with Gasteiger partial charge in [-0.25, -0.2) is 0 Å². The molecule has 0 bridgehead atoms. The lowest BCUT2D eigenvalue weighted by Gasteiger charge is -2.23. The minimum Gasteiger partial charge on any atom is -0.409 e. The molecule has 5 nitrogen and oxygen atoms in total. The van der Waals surface area contributed by atoms with Crippen LogP contribution in [-0.2, 0) is 4.79 Å². The van der Waals surface area contributed by atoms with Crippen molar-refractivity contribution in [1.29, 1.82) is 0 Å². The van der Waals surface area contributed by atoms with E-state index in [1.807, 2.05) is 6.92 Å². The first-order valence-electron chi connectivity index (χ1n) is 4.27. The number of hydrogen-bond acceptors (Lipinski definition) is 3. The Labute approximate surface area is 78.2 Å². The van der Waals surface area contributed by atoms with Gasteiger partial charge < -0.3 is 15.8 Å². The number of hydrogen-bond donors (Lipinski definition) is 2. The van der Waals surface area contributed by atoms with Gasteiger partial charge in [-0.3, -0.25) is 4.79 Å². The Morgan fingerprint density at radius 1 is 1.69 bits per heavy atom. The SMILES string of the molecule is CCCC(=O)N(C)C(C)C(N)=NO. The van der Waals surface area contributed by atoms with E-state index in [0.717, 1.165) is 6.42 Å². The minimum absolute atomic E-state index is 0.00148. The molecule has 0 aromatic carbocycles. The van der Waals surface area contributed by atoms with Gasteiger partial charge in [0, 0.05) is 13.5 Å². The lowest BCUT2D eigenvalue weighted by molar-refractivity contribution is -0.130. The van der Waals surface area contributed by atoms with Crippen LogP contribution < -0.4 is 5.73 Å². The minimum atomic E-state index is -0.357. The third-order valence-electron chi connectivity index (χ3n) is 1.98. The largest absolute Gasteiger partial charge is 0.409 e. The van der Waals surface area contributed by atoms with Crippen molar-refractivity contribution < 1.29 is 10.0 Å². The second-order valence-electron chi connectivity index (χ2n) is 2.96. The first-order chi connectivity index (χ1) is 6.04. The lowest BCUT2D eigenvalue weighted by Crippen LogP contribution is -2.43. The zero-order valence-corrected chi connectivity index (χ0v) is 8.32. The average molecular weight is 187 g/mol. The molecule has 0 aliphatic rings. The van der Waals surface area contributed by atoms with Crippen molar-refractivity contribution in [3.05, 3.63) is 0 Å². The van der Waals surface area contributed by atoms with E-state index in [4.69, 9.17) is 10.9 Å². The fraction of sp³-hybridized carbons (Fsp3) is 0.750. The molecule has 1 unspecified atom stereocenters. The Balaban J connectivity index is 4.24. The van der Waals surface area contributed by atoms with Gasteiger partial charge in [0.2, 0.25) is 5.91 Å². The van der Waals surface area contributed by atoms with Gasteiger partial charge in [-0.05, 0) is 13.3 Å². The van der Waals surface area contributed by atoms with Crippen molar-refractivity contribution in [3.8, 4) is 0 Å². The summed E-state index contributed by atoms with van der Waals surface area (Å²) in [6.45, 7) is 3.64. The highest BCUT2D eigenvalue weighted by Gasteiger charge is 2.17. The van der Waals surface area contributed by atoms with Crippen molar-refractivity contribution in [1.82, 2.24) is 4.90 Å². The molecule has 1 amide bonds. The number of likely N-dealkylation sites (N-methyl/N-ethyl adjacent to an activating group) is 1. The van der Waals surface area contributed by atoms with Crippen molar-refractivity contribution in [3.63, 3.8) is 0 Å². The summed E-state index contributed by atoms with van der Waals surface area (Å²) >= 11 is 0. The Hall–Kier alpha value is -1.26. The normalized spacial score (nSPS) is 13.9. The van der Waals surface area contributed by atoms with Crippen LogP contribution in [0.2, 0.25) is 0 Å². The van der Waals surface area contributed by atoms with Crippen LogP contribution in [0.25, 0.3) is 0 Å². The summed E-state index contributed by atoms with van der Waals surface area (Å²) in [6, 6.07) is -0.357. The van der Waals surface area contributed by atoms with Crippen molar-refractivity contribution >= 4 is 11.7 Å². The zero-order valence-electron chi connectivity index (χ0n) is 8.32. The first kappa shape index (κ1) is 11.7. The lowest BCUT2D eigenvalue weighted by atomic mass is 10.2. The summed E-state index contributed by atoms with van der Waals surface area (Å²) in [6.07, 6.45) is 1.28. The van der Waals surface area contributed by atoms with Crippen molar-refractivity contribution in [2.75, 3.05) is 7.05 Å². The van der Waals surface area contributed by atoms with E-state index in [9.17, 15) is 4.79 Å². The monoisotopic (exact) mass is 187 g/mol. The van der Waals surface area contributed by atoms with Crippen molar-refractivity contribution in [2.45, 2.75) is 32.7 Å². The summed E-state index contributed by atoms with van der Waals surface area (Å²) in [4.78, 5) is 12.8. The van der Waals surface area contributed by atoms with Crippen LogP contribution in [0.1, 0.15) is 26.7 Å². The molecule has 3 N–H and O–H groups in total. The maximum Gasteiger partial charge on any atom is 0.222 e. The van der Waals surface area contributed by atoms with Crippen LogP contribution in [0.3, 0.4) is 0 Å². The van der Waals surface area contributed by atoms with Gasteiger partial charge in [-0.2, -0.15) is 0 Å². The number of rotatable bonds is 4. The first-order valence-corrected chi connectivity index (χ1v) is 4.27. The van der Waals surface area contributed by atoms with Crippen LogP contribution >= 0.6 is 0 Å². The van der Waals surface area contributed by atoms with E-state index in [1.165, 1.54) is 4.90 Å². The van der Waals surface area contributed by atoms with E-state index < -0.39 is 0 Å². The average Bonchev–Trinajstić information content (AvgIpc) is 2.14. The highest BCUT2D eigenvalue weighted by molar-refractivity contribution is 5.89. The molecule has 0 aromatic rings. The number of carbonyl (C=O) groups is 1. The van der Waals surface area contributed by atoms with Crippen LogP contribution in [0.5, 0.6) is 0 Å². The predicted octanol–water partition coefficient (Wildman–Crippen LogP) is 0.380. The number of amidine groups is 1.